The lowest BCUT2D eigenvalue weighted by atomic mass is 10.0. The van der Waals surface area contributed by atoms with Gasteiger partial charge in [0.15, 0.2) is 23.0 Å². The van der Waals surface area contributed by atoms with Crippen LogP contribution >= 0.6 is 0 Å². The van der Waals surface area contributed by atoms with Gasteiger partial charge in [-0.3, -0.25) is 0 Å². The van der Waals surface area contributed by atoms with Crippen molar-refractivity contribution in [1.82, 2.24) is 19.9 Å². The molecule has 0 aliphatic carbocycles. The van der Waals surface area contributed by atoms with Crippen molar-refractivity contribution >= 4 is 17.0 Å². The van der Waals surface area contributed by atoms with Crippen LogP contribution in [0.5, 0.6) is 11.5 Å². The van der Waals surface area contributed by atoms with E-state index in [1.807, 2.05) is 0 Å². The molecule has 1 N–H and O–H groups in total. The second-order valence-corrected chi connectivity index (χ2v) is 5.76. The Bertz CT molecular complexity index is 842. The van der Waals surface area contributed by atoms with Gasteiger partial charge in [-0.2, -0.15) is 0 Å². The third-order valence-corrected chi connectivity index (χ3v) is 4.51. The minimum Gasteiger partial charge on any atom is -0.493 e. The van der Waals surface area contributed by atoms with Gasteiger partial charge in [-0.1, -0.05) is 0 Å². The number of aromatic amines is 1. The fourth-order valence-corrected chi connectivity index (χ4v) is 3.26. The molecule has 4 rings (SSSR count). The Morgan fingerprint density at radius 2 is 1.62 bits per heavy atom. The smallest absolute Gasteiger partial charge is 0.182 e. The average Bonchev–Trinajstić information content (AvgIpc) is 3.01. The number of benzene rings is 1. The largest absolute Gasteiger partial charge is 0.493 e. The van der Waals surface area contributed by atoms with Crippen molar-refractivity contribution < 1.29 is 9.47 Å². The Morgan fingerprint density at radius 3 is 2.25 bits per heavy atom. The maximum atomic E-state index is 5.43. The van der Waals surface area contributed by atoms with Crippen LogP contribution in [-0.4, -0.2) is 47.2 Å². The predicted octanol–water partition coefficient (Wildman–Crippen LogP) is 1.98. The van der Waals surface area contributed by atoms with Gasteiger partial charge in [-0.25, -0.2) is 15.0 Å². The molecule has 3 heterocycles. The standard InChI is InChI=1S/C17H19N5O2/c1-23-13-7-11-3-5-22(6-4-12(11)8-14(13)24-2)17-15-16(19-9-18-15)20-10-21-17/h7-10H,3-6H2,1-2H3,(H,18,19,20,21). The molecule has 0 fully saturated rings. The maximum Gasteiger partial charge on any atom is 0.182 e. The first-order chi connectivity index (χ1) is 11.8. The van der Waals surface area contributed by atoms with Gasteiger partial charge in [-0.15, -0.1) is 0 Å². The molecule has 3 aromatic rings. The van der Waals surface area contributed by atoms with Gasteiger partial charge in [0, 0.05) is 13.1 Å². The molecular formula is C17H19N5O2. The lowest BCUT2D eigenvalue weighted by Gasteiger charge is -2.21. The number of ether oxygens (including phenoxy) is 2. The highest BCUT2D eigenvalue weighted by Crippen LogP contribution is 2.33. The SMILES string of the molecule is COc1cc2c(cc1OC)CCN(c1ncnc3nc[nH]c13)CC2. The summed E-state index contributed by atoms with van der Waals surface area (Å²) in [6, 6.07) is 4.17. The molecule has 7 nitrogen and oxygen atoms in total. The van der Waals surface area contributed by atoms with Crippen molar-refractivity contribution in [1.29, 1.82) is 0 Å². The molecule has 124 valence electrons. The molecular weight excluding hydrogens is 306 g/mol. The highest BCUT2D eigenvalue weighted by Gasteiger charge is 2.20. The number of H-pyrrole nitrogens is 1. The molecule has 1 aliphatic rings. The van der Waals surface area contributed by atoms with Gasteiger partial charge in [0.05, 0.1) is 20.5 Å². The molecule has 0 saturated carbocycles. The molecule has 0 bridgehead atoms. The van der Waals surface area contributed by atoms with E-state index in [4.69, 9.17) is 9.47 Å². The molecule has 0 saturated heterocycles. The summed E-state index contributed by atoms with van der Waals surface area (Å²) in [6.07, 6.45) is 5.08. The van der Waals surface area contributed by atoms with Gasteiger partial charge in [0.25, 0.3) is 0 Å². The highest BCUT2D eigenvalue weighted by atomic mass is 16.5. The maximum absolute atomic E-state index is 5.43. The van der Waals surface area contributed by atoms with E-state index in [-0.39, 0.29) is 0 Å². The summed E-state index contributed by atoms with van der Waals surface area (Å²) in [7, 11) is 3.34. The zero-order valence-electron chi connectivity index (χ0n) is 13.7. The van der Waals surface area contributed by atoms with Gasteiger partial charge in [0.1, 0.15) is 11.8 Å². The number of rotatable bonds is 3. The minimum absolute atomic E-state index is 0.699. The monoisotopic (exact) mass is 325 g/mol. The summed E-state index contributed by atoms with van der Waals surface area (Å²) < 4.78 is 10.9. The summed E-state index contributed by atoms with van der Waals surface area (Å²) in [5.41, 5.74) is 4.18. The number of methoxy groups -OCH3 is 2. The predicted molar refractivity (Wildman–Crippen MR) is 90.9 cm³/mol. The topological polar surface area (TPSA) is 76.2 Å². The molecule has 1 aliphatic heterocycles. The fraction of sp³-hybridized carbons (Fsp3) is 0.353. The third kappa shape index (κ3) is 2.42. The van der Waals surface area contributed by atoms with Crippen LogP contribution in [0.25, 0.3) is 11.2 Å². The van der Waals surface area contributed by atoms with E-state index in [0.29, 0.717) is 5.65 Å². The van der Waals surface area contributed by atoms with Crippen molar-refractivity contribution in [3.8, 4) is 11.5 Å². The quantitative estimate of drug-likeness (QED) is 0.793. The Morgan fingerprint density at radius 1 is 0.958 bits per heavy atom. The normalized spacial score (nSPS) is 14.3. The van der Waals surface area contributed by atoms with Gasteiger partial charge in [0.2, 0.25) is 0 Å². The summed E-state index contributed by atoms with van der Waals surface area (Å²) in [4.78, 5) is 18.3. The number of aromatic nitrogens is 4. The van der Waals surface area contributed by atoms with Crippen LogP contribution in [0.15, 0.2) is 24.8 Å². The Hall–Kier alpha value is -2.83. The molecule has 24 heavy (non-hydrogen) atoms. The molecule has 0 unspecified atom stereocenters. The number of hydrogen-bond donors (Lipinski definition) is 1. The Kier molecular flexibility index (Phi) is 3.68. The van der Waals surface area contributed by atoms with E-state index in [2.05, 4.69) is 37.0 Å². The van der Waals surface area contributed by atoms with E-state index < -0.39 is 0 Å². The molecule has 7 heteroatoms. The number of imidazole rings is 1. The molecule has 2 aromatic heterocycles. The summed E-state index contributed by atoms with van der Waals surface area (Å²) in [5, 5.41) is 0. The first kappa shape index (κ1) is 14.7. The fourth-order valence-electron chi connectivity index (χ4n) is 3.26. The number of hydrogen-bond acceptors (Lipinski definition) is 6. The number of nitrogens with one attached hydrogen (secondary N) is 1. The van der Waals surface area contributed by atoms with Crippen molar-refractivity contribution in [2.45, 2.75) is 12.8 Å². The number of fused-ring (bicyclic) bond motifs is 2. The number of nitrogens with zero attached hydrogens (tertiary/aromatic N) is 4. The first-order valence-electron chi connectivity index (χ1n) is 7.93. The second kappa shape index (κ2) is 5.99. The van der Waals surface area contributed by atoms with E-state index in [0.717, 1.165) is 48.8 Å². The molecule has 0 amide bonds. The molecule has 0 radical (unpaired) electrons. The van der Waals surface area contributed by atoms with Gasteiger partial charge in [-0.05, 0) is 36.1 Å². The Labute approximate surface area is 139 Å². The third-order valence-electron chi connectivity index (χ3n) is 4.51. The summed E-state index contributed by atoms with van der Waals surface area (Å²) in [5.74, 6) is 2.47. The first-order valence-corrected chi connectivity index (χ1v) is 7.93. The van der Waals surface area contributed by atoms with Crippen LogP contribution in [0, 0.1) is 0 Å². The van der Waals surface area contributed by atoms with Crippen LogP contribution in [-0.2, 0) is 12.8 Å². The molecule has 0 atom stereocenters. The van der Waals surface area contributed by atoms with E-state index in [1.54, 1.807) is 26.9 Å². The second-order valence-electron chi connectivity index (χ2n) is 5.76. The summed E-state index contributed by atoms with van der Waals surface area (Å²) in [6.45, 7) is 1.77. The van der Waals surface area contributed by atoms with E-state index in [1.165, 1.54) is 11.1 Å². The van der Waals surface area contributed by atoms with Gasteiger partial charge >= 0.3 is 0 Å². The van der Waals surface area contributed by atoms with Crippen molar-refractivity contribution in [2.24, 2.45) is 0 Å². The van der Waals surface area contributed by atoms with Crippen LogP contribution in [0.4, 0.5) is 5.82 Å². The van der Waals surface area contributed by atoms with Crippen LogP contribution in [0.3, 0.4) is 0 Å². The van der Waals surface area contributed by atoms with Crippen molar-refractivity contribution in [3.63, 3.8) is 0 Å². The van der Waals surface area contributed by atoms with Crippen LogP contribution in [0.2, 0.25) is 0 Å². The Balaban J connectivity index is 1.66. The lowest BCUT2D eigenvalue weighted by Crippen LogP contribution is -2.27. The van der Waals surface area contributed by atoms with Crippen molar-refractivity contribution in [3.05, 3.63) is 35.9 Å². The zero-order valence-corrected chi connectivity index (χ0v) is 13.7. The highest BCUT2D eigenvalue weighted by molar-refractivity contribution is 5.82. The number of anilines is 1. The molecule has 1 aromatic carbocycles. The summed E-state index contributed by atoms with van der Waals surface area (Å²) >= 11 is 0. The van der Waals surface area contributed by atoms with E-state index >= 15 is 0 Å². The van der Waals surface area contributed by atoms with E-state index in [9.17, 15) is 0 Å². The zero-order chi connectivity index (χ0) is 16.5. The van der Waals surface area contributed by atoms with Crippen molar-refractivity contribution in [2.75, 3.05) is 32.2 Å². The molecule has 0 spiro atoms. The minimum atomic E-state index is 0.699. The van der Waals surface area contributed by atoms with Crippen LogP contribution < -0.4 is 14.4 Å². The van der Waals surface area contributed by atoms with Gasteiger partial charge < -0.3 is 19.4 Å². The van der Waals surface area contributed by atoms with Crippen LogP contribution in [0.1, 0.15) is 11.1 Å². The lowest BCUT2D eigenvalue weighted by molar-refractivity contribution is 0.354. The average molecular weight is 325 g/mol.